The summed E-state index contributed by atoms with van der Waals surface area (Å²) in [5.74, 6) is 0. The first-order valence-corrected chi connectivity index (χ1v) is 6.03. The van der Waals surface area contributed by atoms with Gasteiger partial charge in [0.15, 0.2) is 0 Å². The van der Waals surface area contributed by atoms with Crippen LogP contribution in [-0.2, 0) is 0 Å². The fraction of sp³-hybridized carbons (Fsp3) is 0.273. The summed E-state index contributed by atoms with van der Waals surface area (Å²) in [5, 5.41) is 3.67. The van der Waals surface area contributed by atoms with Gasteiger partial charge < -0.3 is 10.2 Å². The number of carbonyl (C=O) groups is 1. The first kappa shape index (κ1) is 12.6. The molecule has 2 amide bonds. The molecule has 0 aliphatic heterocycles. The molecule has 1 heterocycles. The van der Waals surface area contributed by atoms with E-state index in [9.17, 15) is 4.79 Å². The Balaban J connectivity index is 2.65. The zero-order valence-electron chi connectivity index (χ0n) is 9.43. The van der Waals surface area contributed by atoms with Crippen LogP contribution in [0.3, 0.4) is 0 Å². The van der Waals surface area contributed by atoms with Crippen LogP contribution in [0.4, 0.5) is 10.5 Å². The maximum Gasteiger partial charge on any atom is 0.321 e. The van der Waals surface area contributed by atoms with Crippen molar-refractivity contribution >= 4 is 23.5 Å². The molecule has 1 aromatic heterocycles. The molecule has 1 N–H and O–H groups in total. The molecule has 0 saturated heterocycles. The Morgan fingerprint density at radius 1 is 1.75 bits per heavy atom. The van der Waals surface area contributed by atoms with E-state index in [1.54, 1.807) is 30.3 Å². The maximum absolute atomic E-state index is 11.6. The van der Waals surface area contributed by atoms with E-state index in [2.05, 4.69) is 16.9 Å². The number of hydrogen-bond donors (Lipinski definition) is 1. The van der Waals surface area contributed by atoms with Gasteiger partial charge in [0.05, 0.1) is 5.03 Å². The first-order chi connectivity index (χ1) is 7.67. The predicted molar refractivity (Wildman–Crippen MR) is 67.9 cm³/mol. The Morgan fingerprint density at radius 3 is 3.12 bits per heavy atom. The van der Waals surface area contributed by atoms with E-state index in [0.717, 1.165) is 10.7 Å². The summed E-state index contributed by atoms with van der Waals surface area (Å²) in [6.45, 7) is 4.10. The highest BCUT2D eigenvalue weighted by Crippen LogP contribution is 2.16. The number of hydrogen-bond acceptors (Lipinski definition) is 3. The van der Waals surface area contributed by atoms with Crippen LogP contribution in [0.2, 0.25) is 0 Å². The molecule has 0 aliphatic carbocycles. The number of aromatic nitrogens is 1. The Morgan fingerprint density at radius 2 is 2.50 bits per heavy atom. The number of likely N-dealkylation sites (N-methyl/N-ethyl adjacent to an activating group) is 1. The second-order valence-electron chi connectivity index (χ2n) is 3.19. The summed E-state index contributed by atoms with van der Waals surface area (Å²) in [6, 6.07) is 3.45. The Labute approximate surface area is 99.7 Å². The molecule has 16 heavy (non-hydrogen) atoms. The average Bonchev–Trinajstić information content (AvgIpc) is 2.29. The number of pyridine rings is 1. The number of anilines is 1. The number of urea groups is 1. The van der Waals surface area contributed by atoms with Crippen molar-refractivity contribution in [3.05, 3.63) is 31.0 Å². The first-order valence-electron chi connectivity index (χ1n) is 4.80. The van der Waals surface area contributed by atoms with Crippen molar-refractivity contribution in [3.63, 3.8) is 0 Å². The minimum Gasteiger partial charge on any atom is -0.324 e. The number of nitrogens with one attached hydrogen (secondary N) is 1. The second kappa shape index (κ2) is 6.17. The van der Waals surface area contributed by atoms with Crippen LogP contribution < -0.4 is 5.32 Å². The Kier molecular flexibility index (Phi) is 4.85. The molecule has 0 aromatic carbocycles. The van der Waals surface area contributed by atoms with Gasteiger partial charge in [0.2, 0.25) is 0 Å². The third-order valence-electron chi connectivity index (χ3n) is 1.94. The normalized spacial score (nSPS) is 9.62. The van der Waals surface area contributed by atoms with Gasteiger partial charge in [-0.25, -0.2) is 9.78 Å². The molecule has 0 unspecified atom stereocenters. The van der Waals surface area contributed by atoms with E-state index >= 15 is 0 Å². The Bertz CT molecular complexity index is 381. The van der Waals surface area contributed by atoms with Crippen LogP contribution in [0.1, 0.15) is 0 Å². The van der Waals surface area contributed by atoms with Crippen LogP contribution in [0, 0.1) is 0 Å². The van der Waals surface area contributed by atoms with Crippen molar-refractivity contribution in [2.24, 2.45) is 0 Å². The van der Waals surface area contributed by atoms with Crippen LogP contribution in [0.25, 0.3) is 0 Å². The number of thioether (sulfide) groups is 1. The molecule has 0 spiro atoms. The molecule has 0 atom stereocenters. The minimum absolute atomic E-state index is 0.154. The molecule has 1 aromatic rings. The quantitative estimate of drug-likeness (QED) is 0.646. The molecular formula is C11H15N3OS. The molecule has 86 valence electrons. The van der Waals surface area contributed by atoms with Crippen molar-refractivity contribution in [1.82, 2.24) is 9.88 Å². The lowest BCUT2D eigenvalue weighted by Crippen LogP contribution is -2.31. The zero-order chi connectivity index (χ0) is 12.0. The molecular weight excluding hydrogens is 222 g/mol. The molecule has 0 saturated carbocycles. The van der Waals surface area contributed by atoms with Crippen molar-refractivity contribution < 1.29 is 4.79 Å². The smallest absolute Gasteiger partial charge is 0.321 e. The third-order valence-corrected chi connectivity index (χ3v) is 2.59. The molecule has 0 radical (unpaired) electrons. The number of carbonyl (C=O) groups excluding carboxylic acids is 1. The standard InChI is InChI=1S/C11H15N3OS/c1-4-7-14(2)11(15)13-9-5-6-12-10(8-9)16-3/h4-6,8H,1,7H2,2-3H3,(H,12,13,15). The van der Waals surface area contributed by atoms with Gasteiger partial charge in [0.25, 0.3) is 0 Å². The highest BCUT2D eigenvalue weighted by molar-refractivity contribution is 7.98. The van der Waals surface area contributed by atoms with E-state index in [0.29, 0.717) is 6.54 Å². The van der Waals surface area contributed by atoms with Gasteiger partial charge in [-0.05, 0) is 18.4 Å². The van der Waals surface area contributed by atoms with Crippen LogP contribution >= 0.6 is 11.8 Å². The number of amides is 2. The van der Waals surface area contributed by atoms with Crippen LogP contribution in [0.15, 0.2) is 36.0 Å². The SMILES string of the molecule is C=CCN(C)C(=O)Nc1ccnc(SC)c1. The Hall–Kier alpha value is -1.49. The van der Waals surface area contributed by atoms with Gasteiger partial charge in [-0.1, -0.05) is 6.08 Å². The fourth-order valence-electron chi connectivity index (χ4n) is 1.09. The zero-order valence-corrected chi connectivity index (χ0v) is 10.3. The van der Waals surface area contributed by atoms with E-state index in [1.165, 1.54) is 11.8 Å². The van der Waals surface area contributed by atoms with E-state index < -0.39 is 0 Å². The van der Waals surface area contributed by atoms with Gasteiger partial charge in [0, 0.05) is 25.5 Å². The van der Waals surface area contributed by atoms with Gasteiger partial charge >= 0.3 is 6.03 Å². The van der Waals surface area contributed by atoms with Gasteiger partial charge in [-0.3, -0.25) is 0 Å². The summed E-state index contributed by atoms with van der Waals surface area (Å²) in [5.41, 5.74) is 0.750. The molecule has 4 nitrogen and oxygen atoms in total. The molecule has 0 aliphatic rings. The van der Waals surface area contributed by atoms with Crippen molar-refractivity contribution in [2.45, 2.75) is 5.03 Å². The summed E-state index contributed by atoms with van der Waals surface area (Å²) in [6.07, 6.45) is 5.30. The van der Waals surface area contributed by atoms with Crippen molar-refractivity contribution in [3.8, 4) is 0 Å². The summed E-state index contributed by atoms with van der Waals surface area (Å²) >= 11 is 1.54. The molecule has 5 heteroatoms. The number of nitrogens with zero attached hydrogens (tertiary/aromatic N) is 2. The van der Waals surface area contributed by atoms with E-state index in [4.69, 9.17) is 0 Å². The van der Waals surface area contributed by atoms with Crippen LogP contribution in [0.5, 0.6) is 0 Å². The van der Waals surface area contributed by atoms with Crippen LogP contribution in [-0.4, -0.2) is 35.8 Å². The third kappa shape index (κ3) is 3.58. The van der Waals surface area contributed by atoms with Crippen molar-refractivity contribution in [1.29, 1.82) is 0 Å². The highest BCUT2D eigenvalue weighted by Gasteiger charge is 2.06. The topological polar surface area (TPSA) is 45.2 Å². The van der Waals surface area contributed by atoms with Crippen molar-refractivity contribution in [2.75, 3.05) is 25.2 Å². The molecule has 0 bridgehead atoms. The highest BCUT2D eigenvalue weighted by atomic mass is 32.2. The predicted octanol–water partition coefficient (Wildman–Crippen LogP) is 2.45. The van der Waals surface area contributed by atoms with Gasteiger partial charge in [-0.2, -0.15) is 0 Å². The largest absolute Gasteiger partial charge is 0.324 e. The summed E-state index contributed by atoms with van der Waals surface area (Å²) < 4.78 is 0. The molecule has 1 rings (SSSR count). The lowest BCUT2D eigenvalue weighted by atomic mass is 10.4. The lowest BCUT2D eigenvalue weighted by molar-refractivity contribution is 0.226. The summed E-state index contributed by atoms with van der Waals surface area (Å²) in [7, 11) is 1.72. The fourth-order valence-corrected chi connectivity index (χ4v) is 1.51. The van der Waals surface area contributed by atoms with Gasteiger partial charge in [-0.15, -0.1) is 18.3 Å². The average molecular weight is 237 g/mol. The monoisotopic (exact) mass is 237 g/mol. The van der Waals surface area contributed by atoms with E-state index in [1.807, 2.05) is 12.3 Å². The second-order valence-corrected chi connectivity index (χ2v) is 4.01. The van der Waals surface area contributed by atoms with Gasteiger partial charge in [0.1, 0.15) is 0 Å². The van der Waals surface area contributed by atoms with E-state index in [-0.39, 0.29) is 6.03 Å². The summed E-state index contributed by atoms with van der Waals surface area (Å²) in [4.78, 5) is 17.3. The lowest BCUT2D eigenvalue weighted by Gasteiger charge is -2.15. The minimum atomic E-state index is -0.154. The molecule has 0 fully saturated rings. The maximum atomic E-state index is 11.6. The number of rotatable bonds is 4.